The van der Waals surface area contributed by atoms with Crippen LogP contribution in [0.1, 0.15) is 30.8 Å². The summed E-state index contributed by atoms with van der Waals surface area (Å²) in [6, 6.07) is 6.64. The zero-order chi connectivity index (χ0) is 20.5. The zero-order valence-electron chi connectivity index (χ0n) is 16.0. The van der Waals surface area contributed by atoms with E-state index < -0.39 is 24.5 Å². The van der Waals surface area contributed by atoms with Crippen molar-refractivity contribution in [3.05, 3.63) is 35.3 Å². The number of hydrogen-bond acceptors (Lipinski definition) is 7. The average molecular weight is 405 g/mol. The highest BCUT2D eigenvalue weighted by Crippen LogP contribution is 2.25. The maximum Gasteiger partial charge on any atom is 0.358 e. The molecule has 2 aromatic rings. The minimum absolute atomic E-state index is 0.102. The topological polar surface area (TPSA) is 107 Å². The summed E-state index contributed by atoms with van der Waals surface area (Å²) >= 11 is 1.28. The van der Waals surface area contributed by atoms with Crippen molar-refractivity contribution in [2.75, 3.05) is 20.3 Å². The third-order valence-corrected chi connectivity index (χ3v) is 4.54. The summed E-state index contributed by atoms with van der Waals surface area (Å²) < 4.78 is 10.0. The van der Waals surface area contributed by atoms with Gasteiger partial charge in [0, 0.05) is 17.5 Å². The van der Waals surface area contributed by atoms with E-state index in [9.17, 15) is 14.4 Å². The van der Waals surface area contributed by atoms with Crippen LogP contribution in [0.2, 0.25) is 0 Å². The summed E-state index contributed by atoms with van der Waals surface area (Å²) in [6.07, 6.45) is 0.803. The predicted octanol–water partition coefficient (Wildman–Crippen LogP) is 2.85. The van der Waals surface area contributed by atoms with Crippen molar-refractivity contribution in [1.29, 1.82) is 0 Å². The Balaban J connectivity index is 1.80. The number of carbonyl (C=O) groups excluding carboxylic acids is 3. The third kappa shape index (κ3) is 6.66. The maximum atomic E-state index is 12.0. The summed E-state index contributed by atoms with van der Waals surface area (Å²) in [6.45, 7) is 3.96. The smallest absolute Gasteiger partial charge is 0.358 e. The molecular weight excluding hydrogens is 382 g/mol. The van der Waals surface area contributed by atoms with E-state index >= 15 is 0 Å². The van der Waals surface area contributed by atoms with Gasteiger partial charge in [0.25, 0.3) is 5.91 Å². The highest BCUT2D eigenvalue weighted by molar-refractivity contribution is 7.13. The Labute approximate surface area is 167 Å². The minimum Gasteiger partial charge on any atom is -0.497 e. The van der Waals surface area contributed by atoms with Gasteiger partial charge >= 0.3 is 12.0 Å². The fourth-order valence-corrected chi connectivity index (χ4v) is 2.92. The molecule has 0 saturated heterocycles. The van der Waals surface area contributed by atoms with Crippen LogP contribution in [-0.2, 0) is 9.53 Å². The van der Waals surface area contributed by atoms with Crippen LogP contribution >= 0.6 is 11.3 Å². The van der Waals surface area contributed by atoms with Crippen molar-refractivity contribution in [2.24, 2.45) is 5.92 Å². The molecule has 1 heterocycles. The lowest BCUT2D eigenvalue weighted by Crippen LogP contribution is -2.42. The molecule has 9 heteroatoms. The van der Waals surface area contributed by atoms with Gasteiger partial charge in [0.2, 0.25) is 0 Å². The van der Waals surface area contributed by atoms with Crippen molar-refractivity contribution < 1.29 is 23.9 Å². The third-order valence-electron chi connectivity index (χ3n) is 3.64. The first kappa shape index (κ1) is 21.4. The Hall–Kier alpha value is -2.94. The van der Waals surface area contributed by atoms with Crippen LogP contribution in [0, 0.1) is 5.92 Å². The SMILES string of the molecule is COc1ccc(-c2nc(C(=O)OCC(=O)NC(=O)NCCC(C)C)cs2)cc1. The molecule has 28 heavy (non-hydrogen) atoms. The van der Waals surface area contributed by atoms with Crippen LogP contribution < -0.4 is 15.4 Å². The quantitative estimate of drug-likeness (QED) is 0.654. The molecule has 1 aromatic carbocycles. The summed E-state index contributed by atoms with van der Waals surface area (Å²) in [5.41, 5.74) is 0.936. The number of hydrogen-bond donors (Lipinski definition) is 2. The van der Waals surface area contributed by atoms with Crippen LogP contribution in [0.5, 0.6) is 5.75 Å². The molecule has 1 aromatic heterocycles. The number of aromatic nitrogens is 1. The molecule has 0 aliphatic heterocycles. The lowest BCUT2D eigenvalue weighted by atomic mass is 10.1. The van der Waals surface area contributed by atoms with Gasteiger partial charge in [0.15, 0.2) is 12.3 Å². The molecule has 0 aliphatic carbocycles. The first-order chi connectivity index (χ1) is 13.4. The van der Waals surface area contributed by atoms with E-state index in [-0.39, 0.29) is 5.69 Å². The molecule has 0 aliphatic rings. The van der Waals surface area contributed by atoms with Crippen LogP contribution in [0.15, 0.2) is 29.6 Å². The fourth-order valence-electron chi connectivity index (χ4n) is 2.12. The van der Waals surface area contributed by atoms with Gasteiger partial charge in [-0.25, -0.2) is 14.6 Å². The zero-order valence-corrected chi connectivity index (χ0v) is 16.8. The van der Waals surface area contributed by atoms with Crippen molar-refractivity contribution >= 4 is 29.2 Å². The first-order valence-electron chi connectivity index (χ1n) is 8.73. The Kier molecular flexibility index (Phi) is 7.94. The highest BCUT2D eigenvalue weighted by Gasteiger charge is 2.16. The van der Waals surface area contributed by atoms with Gasteiger partial charge in [-0.15, -0.1) is 11.3 Å². The number of nitrogens with one attached hydrogen (secondary N) is 2. The molecule has 0 atom stereocenters. The Bertz CT molecular complexity index is 817. The number of rotatable bonds is 8. The number of ether oxygens (including phenoxy) is 2. The Morgan fingerprint density at radius 3 is 2.54 bits per heavy atom. The molecule has 8 nitrogen and oxygen atoms in total. The van der Waals surface area contributed by atoms with Crippen molar-refractivity contribution in [3.63, 3.8) is 0 Å². The number of thiazole rings is 1. The first-order valence-corrected chi connectivity index (χ1v) is 9.61. The van der Waals surface area contributed by atoms with Gasteiger partial charge in [0.1, 0.15) is 10.8 Å². The van der Waals surface area contributed by atoms with E-state index in [1.54, 1.807) is 24.6 Å². The molecule has 0 bridgehead atoms. The molecular formula is C19H23N3O5S. The number of amides is 3. The number of urea groups is 1. The lowest BCUT2D eigenvalue weighted by molar-refractivity contribution is -0.123. The van der Waals surface area contributed by atoms with Crippen molar-refractivity contribution in [2.45, 2.75) is 20.3 Å². The highest BCUT2D eigenvalue weighted by atomic mass is 32.1. The monoisotopic (exact) mass is 405 g/mol. The van der Waals surface area contributed by atoms with Crippen LogP contribution in [0.3, 0.4) is 0 Å². The summed E-state index contributed by atoms with van der Waals surface area (Å²) in [7, 11) is 1.58. The van der Waals surface area contributed by atoms with Crippen molar-refractivity contribution in [1.82, 2.24) is 15.6 Å². The summed E-state index contributed by atoms with van der Waals surface area (Å²) in [5.74, 6) is -0.274. The summed E-state index contributed by atoms with van der Waals surface area (Å²) in [5, 5.41) is 6.87. The largest absolute Gasteiger partial charge is 0.497 e. The molecule has 0 fully saturated rings. The second-order valence-corrected chi connectivity index (χ2v) is 7.19. The maximum absolute atomic E-state index is 12.0. The number of nitrogens with zero attached hydrogens (tertiary/aromatic N) is 1. The molecule has 0 unspecified atom stereocenters. The Morgan fingerprint density at radius 2 is 1.89 bits per heavy atom. The van der Waals surface area contributed by atoms with E-state index in [4.69, 9.17) is 9.47 Å². The lowest BCUT2D eigenvalue weighted by Gasteiger charge is -2.08. The van der Waals surface area contributed by atoms with Gasteiger partial charge in [0.05, 0.1) is 7.11 Å². The van der Waals surface area contributed by atoms with Crippen LogP contribution in [-0.4, -0.2) is 43.2 Å². The summed E-state index contributed by atoms with van der Waals surface area (Å²) in [4.78, 5) is 39.5. The standard InChI is InChI=1S/C19H23N3O5S/c1-12(2)8-9-20-19(25)22-16(23)10-27-18(24)15-11-28-17(21-15)13-4-6-14(26-3)7-5-13/h4-7,11-12H,8-10H2,1-3H3,(H2,20,22,23,25). The molecule has 2 rings (SSSR count). The number of esters is 1. The minimum atomic E-state index is -0.730. The number of imide groups is 1. The van der Waals surface area contributed by atoms with E-state index in [2.05, 4.69) is 15.6 Å². The average Bonchev–Trinajstić information content (AvgIpc) is 3.16. The molecule has 3 amide bonds. The van der Waals surface area contributed by atoms with Crippen LogP contribution in [0.4, 0.5) is 4.79 Å². The molecule has 0 radical (unpaired) electrons. The fraction of sp³-hybridized carbons (Fsp3) is 0.368. The van der Waals surface area contributed by atoms with Gasteiger partial charge < -0.3 is 14.8 Å². The molecule has 0 spiro atoms. The number of methoxy groups -OCH3 is 1. The molecule has 2 N–H and O–H groups in total. The normalized spacial score (nSPS) is 10.4. The predicted molar refractivity (Wildman–Crippen MR) is 105 cm³/mol. The van der Waals surface area contributed by atoms with E-state index in [1.165, 1.54) is 11.3 Å². The van der Waals surface area contributed by atoms with Gasteiger partial charge in [-0.3, -0.25) is 10.1 Å². The number of carbonyl (C=O) groups is 3. The van der Waals surface area contributed by atoms with E-state index in [0.717, 1.165) is 17.7 Å². The second kappa shape index (κ2) is 10.4. The van der Waals surface area contributed by atoms with E-state index in [1.807, 2.05) is 26.0 Å². The molecule has 0 saturated carbocycles. The van der Waals surface area contributed by atoms with Gasteiger partial charge in [-0.05, 0) is 36.6 Å². The Morgan fingerprint density at radius 1 is 1.18 bits per heavy atom. The van der Waals surface area contributed by atoms with Gasteiger partial charge in [-0.1, -0.05) is 13.8 Å². The van der Waals surface area contributed by atoms with E-state index in [0.29, 0.717) is 17.5 Å². The van der Waals surface area contributed by atoms with Gasteiger partial charge in [-0.2, -0.15) is 0 Å². The second-order valence-electron chi connectivity index (χ2n) is 6.33. The van der Waals surface area contributed by atoms with Crippen LogP contribution in [0.25, 0.3) is 10.6 Å². The number of benzene rings is 1. The van der Waals surface area contributed by atoms with Crippen molar-refractivity contribution in [3.8, 4) is 16.3 Å². The molecule has 150 valence electrons.